The Hall–Kier alpha value is -0.340. The van der Waals surface area contributed by atoms with Gasteiger partial charge in [-0.25, -0.2) is 0 Å². The van der Waals surface area contributed by atoms with E-state index in [-0.39, 0.29) is 0 Å². The van der Waals surface area contributed by atoms with Crippen molar-refractivity contribution in [2.24, 2.45) is 0 Å². The third-order valence-electron chi connectivity index (χ3n) is 2.75. The molecule has 1 aliphatic rings. The second kappa shape index (κ2) is 3.43. The molecule has 1 aromatic carbocycles. The van der Waals surface area contributed by atoms with Crippen LogP contribution < -0.4 is 5.32 Å². The van der Waals surface area contributed by atoms with Crippen LogP contribution in [-0.2, 0) is 0 Å². The third-order valence-corrected chi connectivity index (χ3v) is 3.60. The third kappa shape index (κ3) is 1.65. The lowest BCUT2D eigenvalue weighted by molar-refractivity contribution is 0.381. The summed E-state index contributed by atoms with van der Waals surface area (Å²) in [4.78, 5) is 0. The van der Waals surface area contributed by atoms with E-state index in [1.807, 2.05) is 0 Å². The SMILES string of the molecule is Cc1cc(C2CCN2)c(C)cc1Br. The number of benzene rings is 1. The van der Waals surface area contributed by atoms with Crippen molar-refractivity contribution in [2.45, 2.75) is 26.3 Å². The maximum Gasteiger partial charge on any atom is 0.0335 e. The van der Waals surface area contributed by atoms with E-state index in [9.17, 15) is 0 Å². The molecule has 2 rings (SSSR count). The summed E-state index contributed by atoms with van der Waals surface area (Å²) < 4.78 is 1.22. The topological polar surface area (TPSA) is 12.0 Å². The van der Waals surface area contributed by atoms with Crippen LogP contribution in [0.15, 0.2) is 16.6 Å². The Balaban J connectivity index is 2.39. The van der Waals surface area contributed by atoms with E-state index in [0.29, 0.717) is 6.04 Å². The highest BCUT2D eigenvalue weighted by Gasteiger charge is 2.20. The molecule has 1 saturated heterocycles. The lowest BCUT2D eigenvalue weighted by Crippen LogP contribution is -2.35. The van der Waals surface area contributed by atoms with Gasteiger partial charge in [-0.3, -0.25) is 0 Å². The monoisotopic (exact) mass is 239 g/mol. The van der Waals surface area contributed by atoms with E-state index in [4.69, 9.17) is 0 Å². The van der Waals surface area contributed by atoms with Crippen molar-refractivity contribution in [3.8, 4) is 0 Å². The quantitative estimate of drug-likeness (QED) is 0.795. The molecule has 0 amide bonds. The molecule has 1 aliphatic heterocycles. The van der Waals surface area contributed by atoms with E-state index in [1.54, 1.807) is 0 Å². The van der Waals surface area contributed by atoms with Gasteiger partial charge in [0.1, 0.15) is 0 Å². The predicted molar refractivity (Wildman–Crippen MR) is 59.0 cm³/mol. The Labute approximate surface area is 87.7 Å². The summed E-state index contributed by atoms with van der Waals surface area (Å²) in [5.41, 5.74) is 4.18. The normalized spacial score (nSPS) is 21.3. The van der Waals surface area contributed by atoms with Gasteiger partial charge in [0.15, 0.2) is 0 Å². The predicted octanol–water partition coefficient (Wildman–Crippen LogP) is 3.10. The highest BCUT2D eigenvalue weighted by atomic mass is 79.9. The maximum atomic E-state index is 3.55. The average molecular weight is 240 g/mol. The van der Waals surface area contributed by atoms with Crippen molar-refractivity contribution in [1.29, 1.82) is 0 Å². The molecule has 1 nitrogen and oxygen atoms in total. The van der Waals surface area contributed by atoms with Crippen LogP contribution in [0.5, 0.6) is 0 Å². The van der Waals surface area contributed by atoms with Crippen molar-refractivity contribution < 1.29 is 0 Å². The van der Waals surface area contributed by atoms with E-state index < -0.39 is 0 Å². The van der Waals surface area contributed by atoms with Crippen LogP contribution in [0, 0.1) is 13.8 Å². The van der Waals surface area contributed by atoms with Crippen LogP contribution in [-0.4, -0.2) is 6.54 Å². The Morgan fingerprint density at radius 3 is 2.54 bits per heavy atom. The van der Waals surface area contributed by atoms with Crippen LogP contribution in [0.3, 0.4) is 0 Å². The van der Waals surface area contributed by atoms with Gasteiger partial charge < -0.3 is 5.32 Å². The van der Waals surface area contributed by atoms with Gasteiger partial charge in [-0.1, -0.05) is 22.0 Å². The number of hydrogen-bond acceptors (Lipinski definition) is 1. The minimum absolute atomic E-state index is 0.604. The summed E-state index contributed by atoms with van der Waals surface area (Å²) >= 11 is 3.55. The summed E-state index contributed by atoms with van der Waals surface area (Å²) in [5.74, 6) is 0. The standard InChI is InChI=1S/C11H14BrN/c1-7-6-10(12)8(2)5-9(7)11-3-4-13-11/h5-6,11,13H,3-4H2,1-2H3. The molecule has 0 bridgehead atoms. The first-order valence-electron chi connectivity index (χ1n) is 4.68. The van der Waals surface area contributed by atoms with Gasteiger partial charge in [0, 0.05) is 10.5 Å². The van der Waals surface area contributed by atoms with Gasteiger partial charge in [0.05, 0.1) is 0 Å². The molecule has 0 saturated carbocycles. The minimum Gasteiger partial charge on any atom is -0.310 e. The summed E-state index contributed by atoms with van der Waals surface area (Å²) in [6.45, 7) is 5.49. The van der Waals surface area contributed by atoms with Gasteiger partial charge >= 0.3 is 0 Å². The molecule has 1 unspecified atom stereocenters. The molecule has 0 spiro atoms. The number of nitrogens with one attached hydrogen (secondary N) is 1. The summed E-state index contributed by atoms with van der Waals surface area (Å²) in [7, 11) is 0. The van der Waals surface area contributed by atoms with Crippen molar-refractivity contribution in [3.63, 3.8) is 0 Å². The molecular formula is C11H14BrN. The number of rotatable bonds is 1. The van der Waals surface area contributed by atoms with E-state index in [1.165, 1.54) is 34.1 Å². The van der Waals surface area contributed by atoms with E-state index in [0.717, 1.165) is 0 Å². The molecule has 70 valence electrons. The largest absolute Gasteiger partial charge is 0.310 e. The van der Waals surface area contributed by atoms with Gasteiger partial charge in [-0.05, 0) is 49.6 Å². The molecule has 0 aliphatic carbocycles. The molecular weight excluding hydrogens is 226 g/mol. The van der Waals surface area contributed by atoms with Crippen LogP contribution >= 0.6 is 15.9 Å². The first-order valence-corrected chi connectivity index (χ1v) is 5.48. The van der Waals surface area contributed by atoms with Crippen LogP contribution in [0.2, 0.25) is 0 Å². The van der Waals surface area contributed by atoms with Crippen LogP contribution in [0.25, 0.3) is 0 Å². The Morgan fingerprint density at radius 2 is 2.00 bits per heavy atom. The Kier molecular flexibility index (Phi) is 2.43. The second-order valence-corrected chi connectivity index (χ2v) is 4.61. The molecule has 0 radical (unpaired) electrons. The van der Waals surface area contributed by atoms with Crippen molar-refractivity contribution >= 4 is 15.9 Å². The molecule has 2 heteroatoms. The summed E-state index contributed by atoms with van der Waals surface area (Å²) in [6.07, 6.45) is 1.28. The molecule has 1 heterocycles. The van der Waals surface area contributed by atoms with Crippen LogP contribution in [0.4, 0.5) is 0 Å². The van der Waals surface area contributed by atoms with Gasteiger partial charge in [-0.2, -0.15) is 0 Å². The first kappa shape index (κ1) is 9.22. The smallest absolute Gasteiger partial charge is 0.0335 e. The van der Waals surface area contributed by atoms with Crippen molar-refractivity contribution in [1.82, 2.24) is 5.32 Å². The van der Waals surface area contributed by atoms with Crippen LogP contribution in [0.1, 0.15) is 29.2 Å². The zero-order valence-corrected chi connectivity index (χ0v) is 9.61. The Morgan fingerprint density at radius 1 is 1.31 bits per heavy atom. The fourth-order valence-corrected chi connectivity index (χ4v) is 2.19. The Bertz CT molecular complexity index is 329. The summed E-state index contributed by atoms with van der Waals surface area (Å²) in [5, 5.41) is 3.43. The van der Waals surface area contributed by atoms with E-state index >= 15 is 0 Å². The lowest BCUT2D eigenvalue weighted by Gasteiger charge is -2.29. The van der Waals surface area contributed by atoms with Crippen molar-refractivity contribution in [2.75, 3.05) is 6.54 Å². The van der Waals surface area contributed by atoms with Crippen molar-refractivity contribution in [3.05, 3.63) is 33.3 Å². The minimum atomic E-state index is 0.604. The molecule has 0 aromatic heterocycles. The molecule has 1 N–H and O–H groups in total. The fourth-order valence-electron chi connectivity index (χ4n) is 1.73. The van der Waals surface area contributed by atoms with Gasteiger partial charge in [0.2, 0.25) is 0 Å². The first-order chi connectivity index (χ1) is 6.18. The average Bonchev–Trinajstić information content (AvgIpc) is 1.96. The summed E-state index contributed by atoms with van der Waals surface area (Å²) in [6, 6.07) is 5.10. The highest BCUT2D eigenvalue weighted by Crippen LogP contribution is 2.29. The number of aryl methyl sites for hydroxylation is 2. The number of hydrogen-bond donors (Lipinski definition) is 1. The maximum absolute atomic E-state index is 3.55. The van der Waals surface area contributed by atoms with Gasteiger partial charge in [-0.15, -0.1) is 0 Å². The lowest BCUT2D eigenvalue weighted by atomic mass is 9.93. The zero-order chi connectivity index (χ0) is 9.42. The highest BCUT2D eigenvalue weighted by molar-refractivity contribution is 9.10. The molecule has 13 heavy (non-hydrogen) atoms. The molecule has 1 fully saturated rings. The second-order valence-electron chi connectivity index (χ2n) is 3.75. The zero-order valence-electron chi connectivity index (χ0n) is 8.02. The molecule has 1 aromatic rings. The molecule has 1 atom stereocenters. The van der Waals surface area contributed by atoms with Gasteiger partial charge in [0.25, 0.3) is 0 Å². The number of halogens is 1. The van der Waals surface area contributed by atoms with E-state index in [2.05, 4.69) is 47.2 Å². The fraction of sp³-hybridized carbons (Fsp3) is 0.455.